The van der Waals surface area contributed by atoms with Gasteiger partial charge in [-0.25, -0.2) is 0 Å². The van der Waals surface area contributed by atoms with Crippen molar-refractivity contribution in [3.05, 3.63) is 71.3 Å². The molecule has 0 aliphatic heterocycles. The number of hydrogen-bond donors (Lipinski definition) is 2. The van der Waals surface area contributed by atoms with Crippen molar-refractivity contribution in [3.63, 3.8) is 0 Å². The van der Waals surface area contributed by atoms with Crippen LogP contribution in [0.4, 0.5) is 0 Å². The second-order valence-electron chi connectivity index (χ2n) is 5.18. The second-order valence-corrected chi connectivity index (χ2v) is 5.18. The molecule has 0 aliphatic rings. The standard InChI is InChI=1S/C17H20N2O/c1-12-8-10-15(11-9-12)16(19-13(2)17(18)20)14-6-4-3-5-7-14/h3-11,13,16,19H,1-2H3,(H2,18,20)/p+1/t13-,16-/m1/s1. The molecule has 4 N–H and O–H groups in total. The van der Waals surface area contributed by atoms with Gasteiger partial charge in [-0.3, -0.25) is 4.79 Å². The predicted molar refractivity (Wildman–Crippen MR) is 80.0 cm³/mol. The smallest absolute Gasteiger partial charge is 0.275 e. The average Bonchev–Trinajstić information content (AvgIpc) is 2.46. The number of quaternary nitrogens is 1. The Labute approximate surface area is 119 Å². The van der Waals surface area contributed by atoms with Gasteiger partial charge in [0.05, 0.1) is 0 Å². The largest absolute Gasteiger partial charge is 0.365 e. The molecule has 2 aromatic carbocycles. The molecule has 0 radical (unpaired) electrons. The van der Waals surface area contributed by atoms with Gasteiger partial charge in [-0.1, -0.05) is 60.2 Å². The number of amides is 1. The van der Waals surface area contributed by atoms with E-state index in [1.165, 1.54) is 16.7 Å². The molecule has 0 unspecified atom stereocenters. The summed E-state index contributed by atoms with van der Waals surface area (Å²) in [5, 5.41) is 2.02. The topological polar surface area (TPSA) is 59.7 Å². The van der Waals surface area contributed by atoms with E-state index in [1.54, 1.807) is 0 Å². The number of benzene rings is 2. The van der Waals surface area contributed by atoms with Crippen LogP contribution in [-0.4, -0.2) is 11.9 Å². The fourth-order valence-electron chi connectivity index (χ4n) is 2.23. The van der Waals surface area contributed by atoms with Gasteiger partial charge in [0.2, 0.25) is 0 Å². The lowest BCUT2D eigenvalue weighted by Crippen LogP contribution is -2.92. The van der Waals surface area contributed by atoms with Crippen LogP contribution in [0.5, 0.6) is 0 Å². The van der Waals surface area contributed by atoms with Crippen LogP contribution in [0.15, 0.2) is 54.6 Å². The van der Waals surface area contributed by atoms with E-state index in [4.69, 9.17) is 5.73 Å². The molecule has 104 valence electrons. The molecule has 2 rings (SSSR count). The number of carbonyl (C=O) groups is 1. The normalized spacial score (nSPS) is 13.7. The highest BCUT2D eigenvalue weighted by molar-refractivity contribution is 5.77. The maximum absolute atomic E-state index is 11.3. The molecule has 0 aliphatic carbocycles. The van der Waals surface area contributed by atoms with Crippen LogP contribution >= 0.6 is 0 Å². The Balaban J connectivity index is 2.34. The first-order valence-electron chi connectivity index (χ1n) is 6.83. The zero-order valence-electron chi connectivity index (χ0n) is 11.9. The van der Waals surface area contributed by atoms with E-state index >= 15 is 0 Å². The summed E-state index contributed by atoms with van der Waals surface area (Å²) in [5.74, 6) is -0.293. The van der Waals surface area contributed by atoms with Gasteiger partial charge in [0.25, 0.3) is 5.91 Å². The van der Waals surface area contributed by atoms with Crippen molar-refractivity contribution in [2.75, 3.05) is 0 Å². The number of carbonyl (C=O) groups excluding carboxylic acids is 1. The number of hydrogen-bond acceptors (Lipinski definition) is 1. The molecule has 1 amide bonds. The van der Waals surface area contributed by atoms with Crippen LogP contribution in [0.25, 0.3) is 0 Å². The zero-order valence-corrected chi connectivity index (χ0v) is 11.9. The van der Waals surface area contributed by atoms with E-state index in [-0.39, 0.29) is 18.0 Å². The quantitative estimate of drug-likeness (QED) is 0.849. The summed E-state index contributed by atoms with van der Waals surface area (Å²) in [6.45, 7) is 3.91. The Morgan fingerprint density at radius 1 is 1.00 bits per heavy atom. The van der Waals surface area contributed by atoms with Gasteiger partial charge < -0.3 is 11.1 Å². The lowest BCUT2D eigenvalue weighted by molar-refractivity contribution is -0.704. The van der Waals surface area contributed by atoms with Gasteiger partial charge in [-0.15, -0.1) is 0 Å². The first-order chi connectivity index (χ1) is 9.58. The van der Waals surface area contributed by atoms with Gasteiger partial charge >= 0.3 is 0 Å². The van der Waals surface area contributed by atoms with Gasteiger partial charge in [0.15, 0.2) is 6.04 Å². The summed E-state index contributed by atoms with van der Waals surface area (Å²) in [6, 6.07) is 18.4. The zero-order chi connectivity index (χ0) is 14.5. The van der Waals surface area contributed by atoms with Crippen LogP contribution in [0.1, 0.15) is 29.7 Å². The van der Waals surface area contributed by atoms with E-state index in [0.717, 1.165) is 0 Å². The van der Waals surface area contributed by atoms with Crippen molar-refractivity contribution in [1.29, 1.82) is 0 Å². The third kappa shape index (κ3) is 3.45. The molecular formula is C17H21N2O+. The minimum absolute atomic E-state index is 0.0827. The Hall–Kier alpha value is -2.13. The Morgan fingerprint density at radius 3 is 2.10 bits per heavy atom. The highest BCUT2D eigenvalue weighted by atomic mass is 16.1. The van der Waals surface area contributed by atoms with Crippen LogP contribution < -0.4 is 11.1 Å². The van der Waals surface area contributed by atoms with Gasteiger partial charge in [-0.2, -0.15) is 0 Å². The van der Waals surface area contributed by atoms with E-state index in [1.807, 2.05) is 30.4 Å². The number of rotatable bonds is 5. The summed E-state index contributed by atoms with van der Waals surface area (Å²) in [6.07, 6.45) is 0. The monoisotopic (exact) mass is 269 g/mol. The lowest BCUT2D eigenvalue weighted by Gasteiger charge is -2.19. The molecule has 2 atom stereocenters. The maximum atomic E-state index is 11.3. The third-order valence-electron chi connectivity index (χ3n) is 3.53. The van der Waals surface area contributed by atoms with E-state index < -0.39 is 0 Å². The van der Waals surface area contributed by atoms with Crippen molar-refractivity contribution < 1.29 is 10.1 Å². The predicted octanol–water partition coefficient (Wildman–Crippen LogP) is 1.52. The maximum Gasteiger partial charge on any atom is 0.275 e. The van der Waals surface area contributed by atoms with Crippen LogP contribution in [0, 0.1) is 6.92 Å². The first kappa shape index (κ1) is 14.3. The van der Waals surface area contributed by atoms with Crippen molar-refractivity contribution >= 4 is 5.91 Å². The van der Waals surface area contributed by atoms with Gasteiger partial charge in [0.1, 0.15) is 6.04 Å². The number of aryl methyl sites for hydroxylation is 1. The molecule has 0 heterocycles. The fourth-order valence-corrected chi connectivity index (χ4v) is 2.23. The average molecular weight is 269 g/mol. The van der Waals surface area contributed by atoms with Crippen LogP contribution in [0.3, 0.4) is 0 Å². The molecule has 3 heteroatoms. The summed E-state index contributed by atoms with van der Waals surface area (Å²) in [5.41, 5.74) is 8.97. The molecular weight excluding hydrogens is 248 g/mol. The molecule has 0 fully saturated rings. The Bertz CT molecular complexity index is 563. The minimum Gasteiger partial charge on any atom is -0.365 e. The van der Waals surface area contributed by atoms with E-state index in [2.05, 4.69) is 43.3 Å². The van der Waals surface area contributed by atoms with Crippen molar-refractivity contribution in [1.82, 2.24) is 0 Å². The highest BCUT2D eigenvalue weighted by Crippen LogP contribution is 2.18. The fraction of sp³-hybridized carbons (Fsp3) is 0.235. The molecule has 2 aromatic rings. The summed E-state index contributed by atoms with van der Waals surface area (Å²) in [7, 11) is 0. The van der Waals surface area contributed by atoms with E-state index in [0.29, 0.717) is 0 Å². The van der Waals surface area contributed by atoms with Gasteiger partial charge in [0, 0.05) is 11.1 Å². The van der Waals surface area contributed by atoms with Crippen LogP contribution in [-0.2, 0) is 4.79 Å². The molecule has 3 nitrogen and oxygen atoms in total. The highest BCUT2D eigenvalue weighted by Gasteiger charge is 2.22. The molecule has 0 spiro atoms. The number of nitrogens with two attached hydrogens (primary N) is 2. The lowest BCUT2D eigenvalue weighted by atomic mass is 9.97. The summed E-state index contributed by atoms with van der Waals surface area (Å²) in [4.78, 5) is 11.3. The van der Waals surface area contributed by atoms with E-state index in [9.17, 15) is 4.79 Å². The SMILES string of the molecule is Cc1ccc([C@H]([NH2+][C@H](C)C(N)=O)c2ccccc2)cc1. The molecule has 20 heavy (non-hydrogen) atoms. The minimum atomic E-state index is -0.293. The molecule has 0 aromatic heterocycles. The molecule has 0 bridgehead atoms. The van der Waals surface area contributed by atoms with Crippen molar-refractivity contribution in [3.8, 4) is 0 Å². The van der Waals surface area contributed by atoms with Crippen molar-refractivity contribution in [2.24, 2.45) is 5.73 Å². The third-order valence-corrected chi connectivity index (χ3v) is 3.53. The molecule has 0 saturated heterocycles. The van der Waals surface area contributed by atoms with Crippen LogP contribution in [0.2, 0.25) is 0 Å². The van der Waals surface area contributed by atoms with Crippen molar-refractivity contribution in [2.45, 2.75) is 25.9 Å². The summed E-state index contributed by atoms with van der Waals surface area (Å²) >= 11 is 0. The second kappa shape index (κ2) is 6.35. The summed E-state index contributed by atoms with van der Waals surface area (Å²) < 4.78 is 0. The molecule has 0 saturated carbocycles. The first-order valence-corrected chi connectivity index (χ1v) is 6.83. The van der Waals surface area contributed by atoms with Gasteiger partial charge in [-0.05, 0) is 13.8 Å². The Kier molecular flexibility index (Phi) is 4.53. The Morgan fingerprint density at radius 2 is 1.55 bits per heavy atom. The number of primary amides is 1.